The van der Waals surface area contributed by atoms with Gasteiger partial charge in [-0.1, -0.05) is 13.8 Å². The Balaban J connectivity index is 4.41. The summed E-state index contributed by atoms with van der Waals surface area (Å²) in [6.45, 7) is 2.37. The van der Waals surface area contributed by atoms with E-state index in [1.165, 1.54) is 0 Å². The van der Waals surface area contributed by atoms with Gasteiger partial charge in [0, 0.05) is 19.4 Å². The van der Waals surface area contributed by atoms with E-state index < -0.39 is 32.5 Å². The van der Waals surface area contributed by atoms with Crippen molar-refractivity contribution < 1.29 is 37.6 Å². The first-order chi connectivity index (χ1) is 9.84. The fraction of sp³-hybridized carbons (Fsp3) is 0.818. The summed E-state index contributed by atoms with van der Waals surface area (Å²) >= 11 is 0. The molecule has 21 heavy (non-hydrogen) atoms. The molecule has 0 aliphatic carbocycles. The van der Waals surface area contributed by atoms with E-state index >= 15 is 0 Å². The van der Waals surface area contributed by atoms with Crippen molar-refractivity contribution in [3.8, 4) is 0 Å². The maximum atomic E-state index is 11.4. The normalized spacial score (nSPS) is 15.0. The molecular formula is C11H22NO8P. The number of nitrogens with two attached hydrogens (primary N) is 1. The molecule has 0 saturated carbocycles. The molecule has 0 aromatic rings. The van der Waals surface area contributed by atoms with E-state index in [9.17, 15) is 19.0 Å². The van der Waals surface area contributed by atoms with Gasteiger partial charge in [0.25, 0.3) is 0 Å². The van der Waals surface area contributed by atoms with Crippen LogP contribution in [-0.4, -0.2) is 49.3 Å². The highest BCUT2D eigenvalue weighted by molar-refractivity contribution is 7.47. The first-order valence-electron chi connectivity index (χ1n) is 6.51. The van der Waals surface area contributed by atoms with E-state index in [1.807, 2.05) is 0 Å². The Labute approximate surface area is 123 Å². The molecular weight excluding hydrogens is 305 g/mol. The van der Waals surface area contributed by atoms with Gasteiger partial charge in [-0.25, -0.2) is 4.57 Å². The first-order valence-corrected chi connectivity index (χ1v) is 8.01. The number of carbonyl (C=O) groups is 2. The van der Waals surface area contributed by atoms with Crippen molar-refractivity contribution in [2.75, 3.05) is 26.4 Å². The van der Waals surface area contributed by atoms with Crippen molar-refractivity contribution in [3.05, 3.63) is 0 Å². The van der Waals surface area contributed by atoms with Gasteiger partial charge in [-0.15, -0.1) is 0 Å². The van der Waals surface area contributed by atoms with Gasteiger partial charge in [-0.05, 0) is 0 Å². The second-order valence-electron chi connectivity index (χ2n) is 3.89. The average molecular weight is 327 g/mol. The molecule has 10 heteroatoms. The molecule has 2 atom stereocenters. The van der Waals surface area contributed by atoms with E-state index in [-0.39, 0.29) is 32.6 Å². The van der Waals surface area contributed by atoms with Crippen molar-refractivity contribution in [2.45, 2.75) is 32.8 Å². The summed E-state index contributed by atoms with van der Waals surface area (Å²) in [5.41, 5.74) is 5.13. The highest BCUT2D eigenvalue weighted by atomic mass is 31.2. The van der Waals surface area contributed by atoms with Crippen LogP contribution >= 0.6 is 7.82 Å². The third-order valence-corrected chi connectivity index (χ3v) is 3.09. The zero-order valence-corrected chi connectivity index (χ0v) is 13.0. The summed E-state index contributed by atoms with van der Waals surface area (Å²) < 4.78 is 30.4. The van der Waals surface area contributed by atoms with Crippen LogP contribution in [0.4, 0.5) is 0 Å². The smallest absolute Gasteiger partial charge is 0.462 e. The summed E-state index contributed by atoms with van der Waals surface area (Å²) in [5.74, 6) is -1.04. The monoisotopic (exact) mass is 327 g/mol. The van der Waals surface area contributed by atoms with Crippen LogP contribution in [0, 0.1) is 0 Å². The van der Waals surface area contributed by atoms with Gasteiger partial charge in [0.2, 0.25) is 0 Å². The van der Waals surface area contributed by atoms with Crippen LogP contribution in [0.3, 0.4) is 0 Å². The molecule has 0 spiro atoms. The number of phosphoric ester groups is 1. The number of hydrogen-bond acceptors (Lipinski definition) is 8. The summed E-state index contributed by atoms with van der Waals surface area (Å²) in [5, 5.41) is 0. The molecule has 0 radical (unpaired) electrons. The summed E-state index contributed by atoms with van der Waals surface area (Å²) in [7, 11) is -4.28. The van der Waals surface area contributed by atoms with Gasteiger partial charge in [-0.3, -0.25) is 18.6 Å². The van der Waals surface area contributed by atoms with Crippen LogP contribution < -0.4 is 5.73 Å². The molecule has 0 aromatic heterocycles. The Morgan fingerprint density at radius 1 is 1.14 bits per heavy atom. The van der Waals surface area contributed by atoms with Crippen molar-refractivity contribution in [2.24, 2.45) is 5.73 Å². The fourth-order valence-corrected chi connectivity index (χ4v) is 1.82. The van der Waals surface area contributed by atoms with Crippen molar-refractivity contribution in [1.82, 2.24) is 0 Å². The third kappa shape index (κ3) is 10.4. The van der Waals surface area contributed by atoms with Crippen LogP contribution in [0.5, 0.6) is 0 Å². The zero-order chi connectivity index (χ0) is 16.3. The molecule has 0 bridgehead atoms. The highest BCUT2D eigenvalue weighted by Crippen LogP contribution is 2.42. The topological polar surface area (TPSA) is 134 Å². The van der Waals surface area contributed by atoms with Gasteiger partial charge in [-0.2, -0.15) is 0 Å². The highest BCUT2D eigenvalue weighted by Gasteiger charge is 2.25. The van der Waals surface area contributed by atoms with Gasteiger partial charge in [0.1, 0.15) is 6.61 Å². The Morgan fingerprint density at radius 3 is 2.29 bits per heavy atom. The lowest BCUT2D eigenvalue weighted by molar-refractivity contribution is -0.160. The van der Waals surface area contributed by atoms with Crippen molar-refractivity contribution in [3.63, 3.8) is 0 Å². The molecule has 124 valence electrons. The zero-order valence-electron chi connectivity index (χ0n) is 12.1. The van der Waals surface area contributed by atoms with Gasteiger partial charge < -0.3 is 20.1 Å². The lowest BCUT2D eigenvalue weighted by Crippen LogP contribution is -2.29. The van der Waals surface area contributed by atoms with Crippen LogP contribution in [0.1, 0.15) is 26.7 Å². The Kier molecular flexibility index (Phi) is 10.2. The molecule has 0 aliphatic rings. The molecule has 0 aliphatic heterocycles. The standard InChI is InChI=1S/C11H22NO8P/c1-3-10(13)17-7-9(20-11(14)4-2)8-19-21(15,16)18-6-5-12/h9H,3-8,12H2,1-2H3,(H,15,16)/t9-/m0/s1. The minimum atomic E-state index is -4.28. The summed E-state index contributed by atoms with van der Waals surface area (Å²) in [6.07, 6.45) is -0.721. The Bertz CT molecular complexity index is 375. The molecule has 9 nitrogen and oxygen atoms in total. The van der Waals surface area contributed by atoms with E-state index in [4.69, 9.17) is 15.2 Å². The van der Waals surface area contributed by atoms with E-state index in [2.05, 4.69) is 9.05 Å². The quantitative estimate of drug-likeness (QED) is 0.407. The van der Waals surface area contributed by atoms with Crippen LogP contribution in [-0.2, 0) is 32.7 Å². The van der Waals surface area contributed by atoms with E-state index in [0.29, 0.717) is 0 Å². The lowest BCUT2D eigenvalue weighted by Gasteiger charge is -2.19. The Hall–Kier alpha value is -0.990. The first kappa shape index (κ1) is 20.0. The van der Waals surface area contributed by atoms with E-state index in [1.54, 1.807) is 13.8 Å². The Morgan fingerprint density at radius 2 is 1.76 bits per heavy atom. The fourth-order valence-electron chi connectivity index (χ4n) is 1.06. The van der Waals surface area contributed by atoms with Crippen molar-refractivity contribution >= 4 is 19.8 Å². The van der Waals surface area contributed by atoms with E-state index in [0.717, 1.165) is 0 Å². The van der Waals surface area contributed by atoms with Crippen LogP contribution in [0.15, 0.2) is 0 Å². The van der Waals surface area contributed by atoms with Gasteiger partial charge in [0.15, 0.2) is 6.10 Å². The maximum Gasteiger partial charge on any atom is 0.472 e. The summed E-state index contributed by atoms with van der Waals surface area (Å²) in [4.78, 5) is 31.6. The number of hydrogen-bond donors (Lipinski definition) is 2. The third-order valence-electron chi connectivity index (χ3n) is 2.10. The largest absolute Gasteiger partial charge is 0.472 e. The molecule has 0 saturated heterocycles. The molecule has 0 fully saturated rings. The minimum Gasteiger partial charge on any atom is -0.462 e. The molecule has 0 rings (SSSR count). The van der Waals surface area contributed by atoms with Gasteiger partial charge >= 0.3 is 19.8 Å². The number of carbonyl (C=O) groups excluding carboxylic acids is 2. The number of esters is 2. The molecule has 3 N–H and O–H groups in total. The van der Waals surface area contributed by atoms with Crippen LogP contribution in [0.2, 0.25) is 0 Å². The number of phosphoric acid groups is 1. The predicted molar refractivity (Wildman–Crippen MR) is 72.2 cm³/mol. The molecule has 0 aromatic carbocycles. The second-order valence-corrected chi connectivity index (χ2v) is 5.34. The lowest BCUT2D eigenvalue weighted by atomic mass is 10.4. The molecule has 0 amide bonds. The average Bonchev–Trinajstić information content (AvgIpc) is 2.47. The number of ether oxygens (including phenoxy) is 2. The van der Waals surface area contributed by atoms with Crippen LogP contribution in [0.25, 0.3) is 0 Å². The second kappa shape index (κ2) is 10.7. The molecule has 0 heterocycles. The number of rotatable bonds is 11. The summed E-state index contributed by atoms with van der Waals surface area (Å²) in [6, 6.07) is 0. The van der Waals surface area contributed by atoms with Gasteiger partial charge in [0.05, 0.1) is 13.2 Å². The predicted octanol–water partition coefficient (Wildman–Crippen LogP) is 0.354. The van der Waals surface area contributed by atoms with Crippen molar-refractivity contribution in [1.29, 1.82) is 0 Å². The minimum absolute atomic E-state index is 0.0519. The maximum absolute atomic E-state index is 11.4. The molecule has 1 unspecified atom stereocenters. The SMILES string of the molecule is CCC(=O)OC[C@@H](COP(=O)(O)OCCN)OC(=O)CC.